The van der Waals surface area contributed by atoms with Gasteiger partial charge < -0.3 is 34.1 Å². The maximum absolute atomic E-state index is 14.7. The number of rotatable bonds is 9. The summed E-state index contributed by atoms with van der Waals surface area (Å²) in [6, 6.07) is 6.98. The summed E-state index contributed by atoms with van der Waals surface area (Å²) in [4.78, 5) is 85.5. The van der Waals surface area contributed by atoms with Crippen molar-refractivity contribution in [2.24, 2.45) is 11.3 Å². The number of cyclic esters (lactones) is 1. The van der Waals surface area contributed by atoms with Crippen LogP contribution in [-0.2, 0) is 48.0 Å². The van der Waals surface area contributed by atoms with Crippen molar-refractivity contribution in [1.82, 2.24) is 45.0 Å². The maximum Gasteiger partial charge on any atom is 0.324 e. The Kier molecular flexibility index (Phi) is 13.9. The van der Waals surface area contributed by atoms with Crippen LogP contribution in [0.4, 0.5) is 4.79 Å². The first-order valence-corrected chi connectivity index (χ1v) is 24.9. The topological polar surface area (TPSA) is 172 Å². The first-order chi connectivity index (χ1) is 32.4. The number of ether oxygens (including phenoxy) is 2. The van der Waals surface area contributed by atoms with Gasteiger partial charge in [0.15, 0.2) is 0 Å². The van der Waals surface area contributed by atoms with Crippen molar-refractivity contribution in [1.29, 1.82) is 0 Å². The van der Waals surface area contributed by atoms with E-state index >= 15 is 0 Å². The number of nitrogens with one attached hydrogen (secondary N) is 2. The Hall–Kier alpha value is -5.65. The molecule has 2 N–H and O–H groups in total. The third kappa shape index (κ3) is 9.40. The number of aryl methyl sites for hydroxylation is 1. The second kappa shape index (κ2) is 19.4. The van der Waals surface area contributed by atoms with Gasteiger partial charge in [-0.2, -0.15) is 0 Å². The van der Waals surface area contributed by atoms with Gasteiger partial charge in [-0.15, -0.1) is 11.3 Å². The number of carbonyl (C=O) groups excluding carboxylic acids is 5. The number of benzene rings is 1. The van der Waals surface area contributed by atoms with Crippen LogP contribution in [0.1, 0.15) is 96.5 Å². The highest BCUT2D eigenvalue weighted by molar-refractivity contribution is 7.10. The van der Waals surface area contributed by atoms with Gasteiger partial charge in [-0.05, 0) is 94.7 Å². The second-order valence-corrected chi connectivity index (χ2v) is 21.2. The number of esters is 1. The van der Waals surface area contributed by atoms with E-state index in [1.807, 2.05) is 44.0 Å². The van der Waals surface area contributed by atoms with Crippen molar-refractivity contribution in [3.05, 3.63) is 70.8 Å². The molecule has 0 radical (unpaired) electrons. The fraction of sp³-hybridized carbons (Fsp3) is 0.549. The molecule has 4 aromatic rings. The molecule has 5 atom stereocenters. The molecular formula is C51H67N9O7S. The Bertz CT molecular complexity index is 2600. The highest BCUT2D eigenvalue weighted by Gasteiger charge is 2.56. The van der Waals surface area contributed by atoms with Crippen LogP contribution in [0.15, 0.2) is 54.6 Å². The lowest BCUT2D eigenvalue weighted by Gasteiger charge is -2.47. The van der Waals surface area contributed by atoms with Gasteiger partial charge in [-0.1, -0.05) is 40.3 Å². The number of hydrogen-bond donors (Lipinski definition) is 2. The number of hydrazine groups is 1. The number of aromatic nitrogens is 3. The Morgan fingerprint density at radius 3 is 2.62 bits per heavy atom. The molecule has 3 fully saturated rings. The van der Waals surface area contributed by atoms with E-state index in [2.05, 4.69) is 66.9 Å². The zero-order valence-electron chi connectivity index (χ0n) is 41.0. The average molecular weight is 950 g/mol. The van der Waals surface area contributed by atoms with Crippen molar-refractivity contribution in [2.75, 3.05) is 40.4 Å². The molecule has 17 heteroatoms. The molecule has 1 saturated carbocycles. The van der Waals surface area contributed by atoms with Crippen LogP contribution in [0.5, 0.6) is 0 Å². The summed E-state index contributed by atoms with van der Waals surface area (Å²) in [6.45, 7) is 19.5. The number of urea groups is 1. The molecule has 5 amide bonds. The molecule has 6 heterocycles. The van der Waals surface area contributed by atoms with Crippen LogP contribution in [0.25, 0.3) is 33.4 Å². The molecule has 3 aromatic heterocycles. The van der Waals surface area contributed by atoms with E-state index < -0.39 is 46.9 Å². The summed E-state index contributed by atoms with van der Waals surface area (Å²) in [5.41, 5.74) is 8.84. The van der Waals surface area contributed by atoms with Crippen molar-refractivity contribution in [3.63, 3.8) is 0 Å². The Morgan fingerprint density at radius 2 is 1.93 bits per heavy atom. The Labute approximate surface area is 403 Å². The molecule has 6 bridgehead atoms. The fourth-order valence-electron chi connectivity index (χ4n) is 10.4. The molecule has 1 aliphatic carbocycles. The number of carbonyl (C=O) groups is 5. The zero-order valence-corrected chi connectivity index (χ0v) is 41.8. The molecule has 364 valence electrons. The molecule has 1 spiro atoms. The molecule has 1 aromatic carbocycles. The molecule has 1 unspecified atom stereocenters. The van der Waals surface area contributed by atoms with Gasteiger partial charge >= 0.3 is 12.0 Å². The third-order valence-electron chi connectivity index (χ3n) is 14.3. The van der Waals surface area contributed by atoms with E-state index in [9.17, 15) is 24.0 Å². The lowest BCUT2D eigenvalue weighted by Crippen LogP contribution is -2.65. The SMILES string of the molecule is C=CC(=O)N1C[C@H](C)N(C(=O)N(C)C(C(=O)N[C@H]2Cc3nc(cs3)-c3ccc4c(c3)c(c(-c3cccnc3[C@H](C)OC)n4CC)CC(C)(C)COC(=O)[C@@H]3CCCN(N3)C2=O)C(C)C)CC12CC2. The van der Waals surface area contributed by atoms with Crippen LogP contribution >= 0.6 is 11.3 Å². The number of methoxy groups -OCH3 is 1. The number of nitrogens with zero attached hydrogens (tertiary/aromatic N) is 7. The average Bonchev–Trinajstić information content (AvgIpc) is 3.82. The predicted molar refractivity (Wildman–Crippen MR) is 261 cm³/mol. The minimum atomic E-state index is -1.09. The van der Waals surface area contributed by atoms with E-state index in [1.165, 1.54) is 27.3 Å². The zero-order chi connectivity index (χ0) is 48.8. The summed E-state index contributed by atoms with van der Waals surface area (Å²) in [5.74, 6) is -1.84. The highest BCUT2D eigenvalue weighted by Crippen LogP contribution is 2.46. The van der Waals surface area contributed by atoms with E-state index in [-0.39, 0.29) is 43.0 Å². The summed E-state index contributed by atoms with van der Waals surface area (Å²) < 4.78 is 14.3. The summed E-state index contributed by atoms with van der Waals surface area (Å²) in [6.07, 6.45) is 6.08. The highest BCUT2D eigenvalue weighted by atomic mass is 32.1. The van der Waals surface area contributed by atoms with Crippen LogP contribution < -0.4 is 10.7 Å². The van der Waals surface area contributed by atoms with Gasteiger partial charge in [-0.25, -0.2) is 15.2 Å². The molecule has 68 heavy (non-hydrogen) atoms. The van der Waals surface area contributed by atoms with E-state index in [0.29, 0.717) is 50.4 Å². The minimum Gasteiger partial charge on any atom is -0.464 e. The van der Waals surface area contributed by atoms with Gasteiger partial charge in [0.2, 0.25) is 11.8 Å². The second-order valence-electron chi connectivity index (χ2n) is 20.2. The van der Waals surface area contributed by atoms with Gasteiger partial charge in [0, 0.05) is 91.8 Å². The molecule has 8 rings (SSSR count). The lowest BCUT2D eigenvalue weighted by molar-refractivity contribution is -0.155. The van der Waals surface area contributed by atoms with Crippen LogP contribution in [-0.4, -0.2) is 134 Å². The maximum atomic E-state index is 14.7. The first-order valence-electron chi connectivity index (χ1n) is 24.0. The van der Waals surface area contributed by atoms with Gasteiger partial charge in [0.1, 0.15) is 18.1 Å². The number of fused-ring (bicyclic) bond motifs is 6. The van der Waals surface area contributed by atoms with Crippen molar-refractivity contribution in [2.45, 2.75) is 129 Å². The number of likely N-dealkylation sites (N-methyl/N-ethyl adjacent to an activating group) is 1. The molecule has 4 aliphatic rings. The van der Waals surface area contributed by atoms with E-state index in [1.54, 1.807) is 25.3 Å². The number of hydrogen-bond acceptors (Lipinski definition) is 11. The van der Waals surface area contributed by atoms with Gasteiger partial charge in [0.05, 0.1) is 40.3 Å². The Balaban J connectivity index is 1.14. The van der Waals surface area contributed by atoms with Crippen molar-refractivity contribution >= 4 is 52.0 Å². The van der Waals surface area contributed by atoms with E-state index in [0.717, 1.165) is 57.5 Å². The quantitative estimate of drug-likeness (QED) is 0.139. The summed E-state index contributed by atoms with van der Waals surface area (Å²) in [5, 5.41) is 8.15. The number of amides is 5. The smallest absolute Gasteiger partial charge is 0.324 e. The number of piperazine rings is 1. The van der Waals surface area contributed by atoms with Gasteiger partial charge in [-0.3, -0.25) is 29.2 Å². The van der Waals surface area contributed by atoms with Crippen LogP contribution in [0.2, 0.25) is 0 Å². The fourth-order valence-corrected chi connectivity index (χ4v) is 11.3. The first kappa shape index (κ1) is 48.8. The Morgan fingerprint density at radius 1 is 1.16 bits per heavy atom. The molecule has 2 saturated heterocycles. The van der Waals surface area contributed by atoms with Crippen LogP contribution in [0.3, 0.4) is 0 Å². The monoisotopic (exact) mass is 949 g/mol. The number of thiazole rings is 1. The normalized spacial score (nSPS) is 22.4. The van der Waals surface area contributed by atoms with Crippen LogP contribution in [0, 0.1) is 11.3 Å². The van der Waals surface area contributed by atoms with Crippen molar-refractivity contribution in [3.8, 4) is 22.5 Å². The van der Waals surface area contributed by atoms with Gasteiger partial charge in [0.25, 0.3) is 5.91 Å². The molecule has 16 nitrogen and oxygen atoms in total. The molecule has 3 aliphatic heterocycles. The van der Waals surface area contributed by atoms with Crippen molar-refractivity contribution < 1.29 is 33.4 Å². The summed E-state index contributed by atoms with van der Waals surface area (Å²) >= 11 is 1.41. The third-order valence-corrected chi connectivity index (χ3v) is 15.2. The lowest BCUT2D eigenvalue weighted by atomic mass is 9.84. The predicted octanol–water partition coefficient (Wildman–Crippen LogP) is 6.53. The largest absolute Gasteiger partial charge is 0.464 e. The minimum absolute atomic E-state index is 0.0728. The summed E-state index contributed by atoms with van der Waals surface area (Å²) in [7, 11) is 3.31. The van der Waals surface area contributed by atoms with E-state index in [4.69, 9.17) is 19.4 Å². The molecular weight excluding hydrogens is 883 g/mol. The standard InChI is InChI=1S/C51H67N9O7S/c1-11-42(61)59-26-31(5)58(28-51(59)19-20-51)49(65)56(9)44(30(3)4)46(62)54-38-24-41-53-39(27-68-41)33-17-18-40-35(23-33)36(45(57(40)12-2)34-15-13-21-52-43(34)32(6)66-10)25-50(7,8)29-67-48(64)37-16-14-22-60(55-37)47(38)63/h11,13,15,17-18,21,23,27,30-32,37-38,44,55H,1,12,14,16,19-20,22,24-26,28-29H2,2-10H3,(H,54,62)/t31-,32-,37-,38-,44?/m0/s1. The number of pyridine rings is 1.